The van der Waals surface area contributed by atoms with Gasteiger partial charge in [0.2, 0.25) is 5.95 Å². The number of nitrogens with zero attached hydrogens (tertiary/aromatic N) is 5. The highest BCUT2D eigenvalue weighted by atomic mass is 16.2. The number of anilines is 2. The summed E-state index contributed by atoms with van der Waals surface area (Å²) < 4.78 is 1.55. The number of aromatic nitrogens is 5. The van der Waals surface area contributed by atoms with Crippen molar-refractivity contribution in [2.75, 3.05) is 17.7 Å². The van der Waals surface area contributed by atoms with E-state index in [1.165, 1.54) is 19.3 Å². The van der Waals surface area contributed by atoms with Crippen molar-refractivity contribution in [1.29, 1.82) is 0 Å². The van der Waals surface area contributed by atoms with E-state index in [1.807, 2.05) is 18.2 Å². The predicted molar refractivity (Wildman–Crippen MR) is 112 cm³/mol. The third-order valence-electron chi connectivity index (χ3n) is 4.99. The fraction of sp³-hybridized carbons (Fsp3) is 0.300. The summed E-state index contributed by atoms with van der Waals surface area (Å²) in [5, 5.41) is 17.0. The van der Waals surface area contributed by atoms with Crippen LogP contribution >= 0.6 is 0 Å². The Kier molecular flexibility index (Phi) is 5.64. The van der Waals surface area contributed by atoms with Crippen molar-refractivity contribution in [3.8, 4) is 5.69 Å². The number of pyridine rings is 2. The second kappa shape index (κ2) is 8.68. The van der Waals surface area contributed by atoms with E-state index in [2.05, 4.69) is 36.1 Å². The van der Waals surface area contributed by atoms with Crippen molar-refractivity contribution < 1.29 is 4.79 Å². The molecule has 1 amide bonds. The summed E-state index contributed by atoms with van der Waals surface area (Å²) in [4.78, 5) is 32.0. The number of hydrogen-bond acceptors (Lipinski definition) is 8. The molecule has 4 rings (SSSR count). The minimum Gasteiger partial charge on any atom is -0.367 e. The largest absolute Gasteiger partial charge is 0.367 e. The normalized spacial score (nSPS) is 18.0. The van der Waals surface area contributed by atoms with Crippen LogP contribution in [0.15, 0.2) is 53.7 Å². The van der Waals surface area contributed by atoms with Crippen LogP contribution in [0.3, 0.4) is 0 Å². The first kappa shape index (κ1) is 19.5. The topological polar surface area (TPSA) is 127 Å². The summed E-state index contributed by atoms with van der Waals surface area (Å²) in [6.07, 6.45) is 7.61. The highest BCUT2D eigenvalue weighted by Crippen LogP contribution is 2.24. The molecule has 2 atom stereocenters. The van der Waals surface area contributed by atoms with Gasteiger partial charge in [-0.25, -0.2) is 9.97 Å². The van der Waals surface area contributed by atoms with Gasteiger partial charge in [0, 0.05) is 31.4 Å². The molecule has 0 saturated heterocycles. The molecule has 1 aliphatic rings. The van der Waals surface area contributed by atoms with E-state index in [-0.39, 0.29) is 29.2 Å². The molecule has 1 fully saturated rings. The van der Waals surface area contributed by atoms with Crippen LogP contribution in [0.2, 0.25) is 0 Å². The molecule has 1 aliphatic carbocycles. The number of nitrogens with one attached hydrogen (secondary N) is 3. The first-order chi connectivity index (χ1) is 14.6. The number of hydrogen-bond donors (Lipinski definition) is 3. The monoisotopic (exact) mass is 406 g/mol. The molecule has 0 spiro atoms. The summed E-state index contributed by atoms with van der Waals surface area (Å²) in [6, 6.07) is 9.25. The van der Waals surface area contributed by atoms with E-state index >= 15 is 0 Å². The maximum Gasteiger partial charge on any atom is 0.273 e. The van der Waals surface area contributed by atoms with E-state index in [1.54, 1.807) is 23.0 Å². The zero-order chi connectivity index (χ0) is 20.9. The van der Waals surface area contributed by atoms with E-state index < -0.39 is 0 Å². The summed E-state index contributed by atoms with van der Waals surface area (Å²) in [5.41, 5.74) is 0.813. The van der Waals surface area contributed by atoms with Crippen LogP contribution in [0, 0.1) is 0 Å². The lowest BCUT2D eigenvalue weighted by Crippen LogP contribution is -2.23. The smallest absolute Gasteiger partial charge is 0.273 e. The molecule has 3 N–H and O–H groups in total. The highest BCUT2D eigenvalue weighted by Gasteiger charge is 2.25. The third kappa shape index (κ3) is 4.43. The number of carbonyl (C=O) groups excluding carboxylic acids is 1. The SMILES string of the molecule is CNC(=O)c1cnc(N[C@H]2CC[C@H](Nc3ccc(-n4ccccc4=O)cn3)C2)nn1. The lowest BCUT2D eigenvalue weighted by atomic mass is 10.2. The molecule has 0 bridgehead atoms. The molecule has 0 radical (unpaired) electrons. The number of carbonyl (C=O) groups is 1. The van der Waals surface area contributed by atoms with E-state index in [9.17, 15) is 9.59 Å². The van der Waals surface area contributed by atoms with Crippen molar-refractivity contribution in [3.05, 3.63) is 65.0 Å². The van der Waals surface area contributed by atoms with Gasteiger partial charge in [-0.2, -0.15) is 0 Å². The molecule has 30 heavy (non-hydrogen) atoms. The van der Waals surface area contributed by atoms with Crippen molar-refractivity contribution in [3.63, 3.8) is 0 Å². The Balaban J connectivity index is 1.32. The quantitative estimate of drug-likeness (QED) is 0.558. The Morgan fingerprint density at radius 2 is 1.87 bits per heavy atom. The Hall–Kier alpha value is -3.82. The van der Waals surface area contributed by atoms with E-state index in [0.29, 0.717) is 5.95 Å². The molecule has 10 nitrogen and oxygen atoms in total. The van der Waals surface area contributed by atoms with Crippen molar-refractivity contribution in [1.82, 2.24) is 30.0 Å². The van der Waals surface area contributed by atoms with Gasteiger partial charge in [-0.3, -0.25) is 14.2 Å². The molecule has 10 heteroatoms. The second-order valence-corrected chi connectivity index (χ2v) is 7.05. The maximum atomic E-state index is 11.9. The molecule has 3 heterocycles. The maximum absolute atomic E-state index is 11.9. The summed E-state index contributed by atoms with van der Waals surface area (Å²) in [5.74, 6) is 0.854. The number of rotatable bonds is 6. The van der Waals surface area contributed by atoms with Gasteiger partial charge in [0.25, 0.3) is 11.5 Å². The van der Waals surface area contributed by atoms with Crippen LogP contribution in [-0.4, -0.2) is 49.8 Å². The zero-order valence-corrected chi connectivity index (χ0v) is 16.4. The van der Waals surface area contributed by atoms with Gasteiger partial charge in [0.15, 0.2) is 5.69 Å². The molecule has 0 unspecified atom stereocenters. The van der Waals surface area contributed by atoms with Crippen LogP contribution in [0.1, 0.15) is 29.8 Å². The number of amides is 1. The highest BCUT2D eigenvalue weighted by molar-refractivity contribution is 5.91. The fourth-order valence-electron chi connectivity index (χ4n) is 3.46. The summed E-state index contributed by atoms with van der Waals surface area (Å²) in [6.45, 7) is 0. The molecule has 0 aliphatic heterocycles. The predicted octanol–water partition coefficient (Wildman–Crippen LogP) is 1.22. The Labute approximate surface area is 172 Å². The van der Waals surface area contributed by atoms with E-state index in [0.717, 1.165) is 30.8 Å². The Morgan fingerprint density at radius 3 is 2.53 bits per heavy atom. The van der Waals surface area contributed by atoms with Gasteiger partial charge >= 0.3 is 0 Å². The van der Waals surface area contributed by atoms with Gasteiger partial charge in [-0.1, -0.05) is 6.07 Å². The van der Waals surface area contributed by atoms with Gasteiger partial charge in [-0.05, 0) is 37.5 Å². The van der Waals surface area contributed by atoms with Crippen LogP contribution < -0.4 is 21.5 Å². The molecule has 3 aromatic heterocycles. The van der Waals surface area contributed by atoms with Gasteiger partial charge < -0.3 is 16.0 Å². The van der Waals surface area contributed by atoms with Crippen molar-refractivity contribution in [2.45, 2.75) is 31.3 Å². The van der Waals surface area contributed by atoms with Crippen LogP contribution in [0.5, 0.6) is 0 Å². The molecule has 154 valence electrons. The average Bonchev–Trinajstić information content (AvgIpc) is 3.21. The second-order valence-electron chi connectivity index (χ2n) is 7.05. The summed E-state index contributed by atoms with van der Waals surface area (Å²) >= 11 is 0. The molecular formula is C20H22N8O2. The standard InChI is InChI=1S/C20H22N8O2/c1-21-19(30)16-12-23-20(27-26-16)25-14-6-5-13(10-14)24-17-8-7-15(11-22-17)28-9-3-2-4-18(28)29/h2-4,7-9,11-14H,5-6,10H2,1H3,(H,21,30)(H,22,24)(H,23,25,27)/t13-,14-/m0/s1. The zero-order valence-electron chi connectivity index (χ0n) is 16.4. The van der Waals surface area contributed by atoms with Crippen LogP contribution in [0.4, 0.5) is 11.8 Å². The van der Waals surface area contributed by atoms with Crippen LogP contribution in [0.25, 0.3) is 5.69 Å². The van der Waals surface area contributed by atoms with Gasteiger partial charge in [0.05, 0.1) is 18.1 Å². The minimum atomic E-state index is -0.317. The fourth-order valence-corrected chi connectivity index (χ4v) is 3.46. The lowest BCUT2D eigenvalue weighted by Gasteiger charge is -2.15. The summed E-state index contributed by atoms with van der Waals surface area (Å²) in [7, 11) is 1.53. The first-order valence-corrected chi connectivity index (χ1v) is 9.71. The van der Waals surface area contributed by atoms with E-state index in [4.69, 9.17) is 0 Å². The average molecular weight is 406 g/mol. The first-order valence-electron chi connectivity index (χ1n) is 9.71. The third-order valence-corrected chi connectivity index (χ3v) is 4.99. The molecular weight excluding hydrogens is 384 g/mol. The van der Waals surface area contributed by atoms with Crippen LogP contribution in [-0.2, 0) is 0 Å². The lowest BCUT2D eigenvalue weighted by molar-refractivity contribution is 0.0956. The van der Waals surface area contributed by atoms with Gasteiger partial charge in [0.1, 0.15) is 5.82 Å². The van der Waals surface area contributed by atoms with Crippen molar-refractivity contribution in [2.24, 2.45) is 0 Å². The molecule has 1 saturated carbocycles. The molecule has 0 aromatic carbocycles. The molecule has 3 aromatic rings. The minimum absolute atomic E-state index is 0.0928. The Bertz CT molecular complexity index is 1070. The van der Waals surface area contributed by atoms with Gasteiger partial charge in [-0.15, -0.1) is 10.2 Å². The Morgan fingerprint density at radius 1 is 1.03 bits per heavy atom. The van der Waals surface area contributed by atoms with Crippen molar-refractivity contribution >= 4 is 17.7 Å².